The van der Waals surface area contributed by atoms with E-state index in [0.29, 0.717) is 4.47 Å². The first-order valence-electron chi connectivity index (χ1n) is 11.0. The Morgan fingerprint density at radius 2 is 1.32 bits per heavy atom. The Morgan fingerprint density at radius 1 is 0.871 bits per heavy atom. The summed E-state index contributed by atoms with van der Waals surface area (Å²) in [6.45, 7) is 4.25. The van der Waals surface area contributed by atoms with Crippen LogP contribution in [0, 0.1) is 11.3 Å². The van der Waals surface area contributed by atoms with Gasteiger partial charge in [0.1, 0.15) is 29.1 Å². The number of benzene rings is 2. The molecule has 0 aliphatic heterocycles. The summed E-state index contributed by atoms with van der Waals surface area (Å²) >= 11 is 3.31. The summed E-state index contributed by atoms with van der Waals surface area (Å²) in [6, 6.07) is 7.74. The number of phenols is 4. The molecule has 0 saturated carbocycles. The van der Waals surface area contributed by atoms with Gasteiger partial charge in [-0.1, -0.05) is 39.5 Å². The van der Waals surface area contributed by atoms with E-state index in [2.05, 4.69) is 29.8 Å². The van der Waals surface area contributed by atoms with Crippen LogP contribution in [-0.2, 0) is 12.8 Å². The van der Waals surface area contributed by atoms with Crippen molar-refractivity contribution in [3.05, 3.63) is 45.4 Å². The SMILES string of the molecule is CCCCCc1cc(O)cc(O)c1Br.CCCCCc1cc(O)cc(O)c1C#N.[2H]CF. The van der Waals surface area contributed by atoms with Gasteiger partial charge in [-0.2, -0.15) is 5.26 Å². The van der Waals surface area contributed by atoms with Gasteiger partial charge in [-0.3, -0.25) is 4.39 Å². The van der Waals surface area contributed by atoms with Gasteiger partial charge in [0.15, 0.2) is 0 Å². The Bertz CT molecular complexity index is 859. The molecule has 0 aliphatic rings. The summed E-state index contributed by atoms with van der Waals surface area (Å²) in [4.78, 5) is 0. The summed E-state index contributed by atoms with van der Waals surface area (Å²) in [5.41, 5.74) is 1.98. The number of phenolic OH excluding ortho intramolecular Hbond substituents is 4. The average Bonchev–Trinajstić information content (AvgIpc) is 2.73. The molecule has 31 heavy (non-hydrogen) atoms. The summed E-state index contributed by atoms with van der Waals surface area (Å²) in [6.07, 6.45) is 8.18. The van der Waals surface area contributed by atoms with Crippen LogP contribution in [-0.4, -0.2) is 27.6 Å². The molecule has 0 bridgehead atoms. The molecule has 0 amide bonds. The lowest BCUT2D eigenvalue weighted by molar-refractivity contribution is 0.446. The molecule has 0 aliphatic carbocycles. The van der Waals surface area contributed by atoms with Crippen LogP contribution < -0.4 is 0 Å². The summed E-state index contributed by atoms with van der Waals surface area (Å²) in [5, 5.41) is 46.3. The lowest BCUT2D eigenvalue weighted by Crippen LogP contribution is -1.91. The molecule has 0 spiro atoms. The molecular weight excluding hydrogens is 465 g/mol. The maximum atomic E-state index is 9.96. The van der Waals surface area contributed by atoms with Crippen LogP contribution in [0.1, 0.15) is 70.4 Å². The molecule has 0 atom stereocenters. The predicted octanol–water partition coefficient (Wildman–Crippen LogP) is 6.88. The number of halogens is 2. The first kappa shape index (κ1) is 26.6. The lowest BCUT2D eigenvalue weighted by atomic mass is 10.0. The standard InChI is InChI=1S/C12H15NO2.C11H15BrO2.CH3F/c1-2-3-4-5-9-6-10(14)7-12(15)11(9)8-13;1-2-3-4-5-8-6-9(13)7-10(14)11(8)12;1-2/h6-7,14-15H,2-5H2,1H3;6-7,13-14H,2-5H2,1H3;1H3/i;;1D. The molecule has 7 heteroatoms. The number of nitrogens with zero attached hydrogens (tertiary/aromatic N) is 1. The van der Waals surface area contributed by atoms with Gasteiger partial charge in [0.05, 0.1) is 18.6 Å². The highest BCUT2D eigenvalue weighted by atomic mass is 79.9. The largest absolute Gasteiger partial charge is 0.508 e. The third kappa shape index (κ3) is 10.4. The van der Waals surface area contributed by atoms with Crippen molar-refractivity contribution in [2.45, 2.75) is 65.2 Å². The zero-order chi connectivity index (χ0) is 24.5. The number of hydrogen-bond acceptors (Lipinski definition) is 5. The van der Waals surface area contributed by atoms with Gasteiger partial charge in [0, 0.05) is 12.1 Å². The van der Waals surface area contributed by atoms with Gasteiger partial charge >= 0.3 is 0 Å². The van der Waals surface area contributed by atoms with Gasteiger partial charge in [0.25, 0.3) is 0 Å². The quantitative estimate of drug-likeness (QED) is 0.296. The van der Waals surface area contributed by atoms with E-state index in [1.54, 1.807) is 12.1 Å². The highest BCUT2D eigenvalue weighted by Crippen LogP contribution is 2.33. The fourth-order valence-corrected chi connectivity index (χ4v) is 3.39. The topological polar surface area (TPSA) is 105 Å². The Kier molecular flexibility index (Phi) is 13.9. The minimum absolute atomic E-state index is 0.0120. The molecule has 0 fully saturated rings. The second-order valence-electron chi connectivity index (χ2n) is 6.96. The van der Waals surface area contributed by atoms with Crippen LogP contribution in [0.25, 0.3) is 0 Å². The van der Waals surface area contributed by atoms with Crippen molar-refractivity contribution < 1.29 is 26.2 Å². The zero-order valence-electron chi connectivity index (χ0n) is 19.2. The Hall–Kier alpha value is -2.46. The van der Waals surface area contributed by atoms with Crippen LogP contribution in [0.3, 0.4) is 0 Å². The third-order valence-corrected chi connectivity index (χ3v) is 5.42. The van der Waals surface area contributed by atoms with Crippen molar-refractivity contribution in [1.82, 2.24) is 0 Å². The molecular formula is C24H33BrFNO4. The molecule has 2 aromatic carbocycles. The van der Waals surface area contributed by atoms with Gasteiger partial charge in [-0.15, -0.1) is 0 Å². The van der Waals surface area contributed by atoms with Crippen LogP contribution in [0.4, 0.5) is 4.39 Å². The Morgan fingerprint density at radius 3 is 1.81 bits per heavy atom. The highest BCUT2D eigenvalue weighted by molar-refractivity contribution is 9.10. The van der Waals surface area contributed by atoms with Gasteiger partial charge in [0.2, 0.25) is 0 Å². The third-order valence-electron chi connectivity index (χ3n) is 4.51. The Labute approximate surface area is 194 Å². The van der Waals surface area contributed by atoms with Crippen molar-refractivity contribution in [3.63, 3.8) is 0 Å². The molecule has 0 radical (unpaired) electrons. The van der Waals surface area contributed by atoms with Crippen LogP contribution in [0.15, 0.2) is 28.7 Å². The minimum atomic E-state index is -1.00. The van der Waals surface area contributed by atoms with E-state index in [1.807, 2.05) is 6.07 Å². The molecule has 172 valence electrons. The number of nitriles is 1. The summed E-state index contributed by atoms with van der Waals surface area (Å²) in [5.74, 6) is 0.107. The number of aromatic hydroxyl groups is 4. The first-order valence-corrected chi connectivity index (χ1v) is 11.0. The second kappa shape index (κ2) is 16.3. The predicted molar refractivity (Wildman–Crippen MR) is 125 cm³/mol. The lowest BCUT2D eigenvalue weighted by Gasteiger charge is -2.06. The molecule has 0 aromatic heterocycles. The van der Waals surface area contributed by atoms with E-state index in [4.69, 9.17) is 6.63 Å². The molecule has 0 heterocycles. The zero-order valence-corrected chi connectivity index (χ0v) is 19.8. The normalized spacial score (nSPS) is 10.1. The molecule has 0 unspecified atom stereocenters. The number of hydrogen-bond donors (Lipinski definition) is 4. The van der Waals surface area contributed by atoms with E-state index >= 15 is 0 Å². The van der Waals surface area contributed by atoms with Gasteiger partial charge in [-0.05, 0) is 64.9 Å². The Balaban J connectivity index is 0.000000536. The summed E-state index contributed by atoms with van der Waals surface area (Å²) in [7, 11) is -1.00. The molecule has 0 saturated heterocycles. The number of unbranched alkanes of at least 4 members (excludes halogenated alkanes) is 4. The van der Waals surface area contributed by atoms with Gasteiger partial charge < -0.3 is 20.4 Å². The number of aryl methyl sites for hydroxylation is 2. The van der Waals surface area contributed by atoms with Gasteiger partial charge in [-0.25, -0.2) is 0 Å². The van der Waals surface area contributed by atoms with E-state index in [0.717, 1.165) is 49.7 Å². The van der Waals surface area contributed by atoms with E-state index in [-0.39, 0.29) is 28.6 Å². The number of alkyl halides is 1. The van der Waals surface area contributed by atoms with E-state index in [1.165, 1.54) is 25.0 Å². The molecule has 4 N–H and O–H groups in total. The molecule has 2 rings (SSSR count). The van der Waals surface area contributed by atoms with E-state index in [9.17, 15) is 24.8 Å². The van der Waals surface area contributed by atoms with Crippen molar-refractivity contribution >= 4 is 15.9 Å². The smallest absolute Gasteiger partial charge is 0.137 e. The molecule has 2 aromatic rings. The molecule has 5 nitrogen and oxygen atoms in total. The van der Waals surface area contributed by atoms with Crippen molar-refractivity contribution in [1.29, 1.82) is 5.26 Å². The minimum Gasteiger partial charge on any atom is -0.508 e. The van der Waals surface area contributed by atoms with E-state index < -0.39 is 7.15 Å². The maximum absolute atomic E-state index is 9.96. The fourth-order valence-electron chi connectivity index (χ4n) is 2.96. The first-order chi connectivity index (χ1) is 15.2. The van der Waals surface area contributed by atoms with Crippen LogP contribution in [0.5, 0.6) is 23.0 Å². The maximum Gasteiger partial charge on any atom is 0.137 e. The summed E-state index contributed by atoms with van der Waals surface area (Å²) < 4.78 is 16.2. The van der Waals surface area contributed by atoms with Crippen molar-refractivity contribution in [3.8, 4) is 29.1 Å². The van der Waals surface area contributed by atoms with Crippen molar-refractivity contribution in [2.24, 2.45) is 0 Å². The van der Waals surface area contributed by atoms with Crippen LogP contribution in [0.2, 0.25) is 0 Å². The second-order valence-corrected chi connectivity index (χ2v) is 7.76. The van der Waals surface area contributed by atoms with Crippen molar-refractivity contribution in [2.75, 3.05) is 7.15 Å². The fraction of sp³-hybridized carbons (Fsp3) is 0.458. The number of rotatable bonds is 8. The highest BCUT2D eigenvalue weighted by Gasteiger charge is 2.09. The average molecular weight is 499 g/mol. The van der Waals surface area contributed by atoms with Crippen LogP contribution >= 0.6 is 15.9 Å². The monoisotopic (exact) mass is 498 g/mol.